The van der Waals surface area contributed by atoms with Crippen LogP contribution in [-0.4, -0.2) is 13.4 Å². The number of ether oxygens (including phenoxy) is 2. The van der Waals surface area contributed by atoms with Gasteiger partial charge in [0.2, 0.25) is 0 Å². The molecule has 1 aliphatic carbocycles. The summed E-state index contributed by atoms with van der Waals surface area (Å²) in [6.45, 7) is 5.67. The van der Waals surface area contributed by atoms with Crippen molar-refractivity contribution in [1.82, 2.24) is 0 Å². The summed E-state index contributed by atoms with van der Waals surface area (Å²) < 4.78 is 11.3. The first-order valence-corrected chi connectivity index (χ1v) is 8.60. The predicted molar refractivity (Wildman–Crippen MR) is 87.8 cm³/mol. The normalized spacial score (nSPS) is 17.6. The summed E-state index contributed by atoms with van der Waals surface area (Å²) in [5.41, 5.74) is 1.38. The molecule has 0 radical (unpaired) electrons. The van der Waals surface area contributed by atoms with Gasteiger partial charge < -0.3 is 9.47 Å². The number of benzene rings is 1. The van der Waals surface area contributed by atoms with Crippen LogP contribution in [0.4, 0.5) is 0 Å². The highest BCUT2D eigenvalue weighted by molar-refractivity contribution is 5.29. The van der Waals surface area contributed by atoms with Gasteiger partial charge in [-0.25, -0.2) is 0 Å². The fourth-order valence-corrected chi connectivity index (χ4v) is 3.02. The van der Waals surface area contributed by atoms with Crippen LogP contribution in [0, 0.1) is 5.92 Å². The molecule has 1 saturated carbocycles. The van der Waals surface area contributed by atoms with Gasteiger partial charge in [-0.2, -0.15) is 0 Å². The molecule has 2 heteroatoms. The quantitative estimate of drug-likeness (QED) is 0.463. The van der Waals surface area contributed by atoms with Gasteiger partial charge in [-0.1, -0.05) is 58.1 Å². The minimum atomic E-state index is 0.370. The summed E-state index contributed by atoms with van der Waals surface area (Å²) in [7, 11) is 0. The van der Waals surface area contributed by atoms with E-state index in [1.165, 1.54) is 50.5 Å². The molecule has 0 saturated heterocycles. The second-order valence-electron chi connectivity index (χ2n) is 6.34. The van der Waals surface area contributed by atoms with E-state index in [1.54, 1.807) is 0 Å². The molecule has 2 rings (SSSR count). The van der Waals surface area contributed by atoms with E-state index in [4.69, 9.17) is 9.47 Å². The lowest BCUT2D eigenvalue weighted by molar-refractivity contribution is 0.00763. The number of hydrogen-bond acceptors (Lipinski definition) is 2. The van der Waals surface area contributed by atoms with E-state index in [9.17, 15) is 0 Å². The van der Waals surface area contributed by atoms with Crippen LogP contribution >= 0.6 is 0 Å². The largest absolute Gasteiger partial charge is 0.468 e. The van der Waals surface area contributed by atoms with Crippen LogP contribution in [0.1, 0.15) is 70.3 Å². The molecule has 0 heterocycles. The summed E-state index contributed by atoms with van der Waals surface area (Å²) in [6, 6.07) is 8.41. The first kappa shape index (κ1) is 16.4. The van der Waals surface area contributed by atoms with Gasteiger partial charge in [-0.05, 0) is 42.4 Å². The first-order valence-electron chi connectivity index (χ1n) is 8.60. The Labute approximate surface area is 129 Å². The van der Waals surface area contributed by atoms with E-state index in [0.717, 1.165) is 18.3 Å². The summed E-state index contributed by atoms with van der Waals surface area (Å²) in [5, 5.41) is 0. The lowest BCUT2D eigenvalue weighted by atomic mass is 9.87. The highest BCUT2D eigenvalue weighted by Gasteiger charge is 2.12. The van der Waals surface area contributed by atoms with Gasteiger partial charge in [0.1, 0.15) is 5.75 Å². The molecule has 0 aromatic heterocycles. The van der Waals surface area contributed by atoms with E-state index in [0.29, 0.717) is 12.7 Å². The molecule has 118 valence electrons. The molecule has 1 aromatic carbocycles. The summed E-state index contributed by atoms with van der Waals surface area (Å²) in [4.78, 5) is 0. The molecule has 0 aliphatic heterocycles. The van der Waals surface area contributed by atoms with Crippen molar-refractivity contribution in [3.05, 3.63) is 29.8 Å². The van der Waals surface area contributed by atoms with Crippen LogP contribution in [0.25, 0.3) is 0 Å². The van der Waals surface area contributed by atoms with Crippen LogP contribution in [0.3, 0.4) is 0 Å². The monoisotopic (exact) mass is 290 g/mol. The maximum Gasteiger partial charge on any atom is 0.189 e. The third kappa shape index (κ3) is 5.70. The molecule has 1 atom stereocenters. The molecule has 2 nitrogen and oxygen atoms in total. The molecule has 1 fully saturated rings. The maximum absolute atomic E-state index is 5.64. The minimum Gasteiger partial charge on any atom is -0.468 e. The molecule has 21 heavy (non-hydrogen) atoms. The maximum atomic E-state index is 5.64. The Balaban J connectivity index is 1.59. The molecule has 1 unspecified atom stereocenters. The van der Waals surface area contributed by atoms with Crippen molar-refractivity contribution in [3.63, 3.8) is 0 Å². The smallest absolute Gasteiger partial charge is 0.189 e. The topological polar surface area (TPSA) is 18.5 Å². The zero-order valence-corrected chi connectivity index (χ0v) is 13.6. The van der Waals surface area contributed by atoms with Gasteiger partial charge in [0.15, 0.2) is 6.79 Å². The molecule has 1 aromatic rings. The van der Waals surface area contributed by atoms with Crippen molar-refractivity contribution in [2.75, 3.05) is 13.4 Å². The van der Waals surface area contributed by atoms with Crippen molar-refractivity contribution < 1.29 is 9.47 Å². The highest BCUT2D eigenvalue weighted by Crippen LogP contribution is 2.26. The Bertz CT molecular complexity index is 379. The fraction of sp³-hybridized carbons (Fsp3) is 0.684. The standard InChI is InChI=1S/C19H30O2/c1-3-16(2)18-9-11-19(12-10-18)21-15-20-14-13-17-7-5-4-6-8-17/h9-12,16-17H,3-8,13-15H2,1-2H3. The Morgan fingerprint density at radius 1 is 1.10 bits per heavy atom. The molecule has 1 aliphatic rings. The first-order chi connectivity index (χ1) is 10.3. The van der Waals surface area contributed by atoms with Gasteiger partial charge in [0.25, 0.3) is 0 Å². The van der Waals surface area contributed by atoms with Crippen LogP contribution in [0.15, 0.2) is 24.3 Å². The highest BCUT2D eigenvalue weighted by atomic mass is 16.7. The lowest BCUT2D eigenvalue weighted by Crippen LogP contribution is -2.11. The Kier molecular flexibility index (Phi) is 7.08. The Hall–Kier alpha value is -1.02. The van der Waals surface area contributed by atoms with Crippen molar-refractivity contribution in [2.45, 2.75) is 64.7 Å². The fourth-order valence-electron chi connectivity index (χ4n) is 3.02. The molecule has 0 N–H and O–H groups in total. The van der Waals surface area contributed by atoms with Gasteiger partial charge in [0, 0.05) is 0 Å². The van der Waals surface area contributed by atoms with E-state index < -0.39 is 0 Å². The SMILES string of the molecule is CCC(C)c1ccc(OCOCCC2CCCCC2)cc1. The summed E-state index contributed by atoms with van der Waals surface area (Å²) in [6.07, 6.45) is 9.38. The molecular formula is C19H30O2. The summed E-state index contributed by atoms with van der Waals surface area (Å²) >= 11 is 0. The molecule has 0 amide bonds. The van der Waals surface area contributed by atoms with E-state index in [2.05, 4.69) is 26.0 Å². The van der Waals surface area contributed by atoms with Crippen molar-refractivity contribution >= 4 is 0 Å². The van der Waals surface area contributed by atoms with Crippen molar-refractivity contribution in [3.8, 4) is 5.75 Å². The molecule has 0 spiro atoms. The van der Waals surface area contributed by atoms with Crippen LogP contribution in [0.2, 0.25) is 0 Å². The van der Waals surface area contributed by atoms with Gasteiger partial charge in [-0.3, -0.25) is 0 Å². The van der Waals surface area contributed by atoms with Gasteiger partial charge in [-0.15, -0.1) is 0 Å². The zero-order chi connectivity index (χ0) is 14.9. The third-order valence-electron chi connectivity index (χ3n) is 4.77. The second-order valence-corrected chi connectivity index (χ2v) is 6.34. The van der Waals surface area contributed by atoms with Crippen molar-refractivity contribution in [2.24, 2.45) is 5.92 Å². The Morgan fingerprint density at radius 3 is 2.48 bits per heavy atom. The van der Waals surface area contributed by atoms with Gasteiger partial charge >= 0.3 is 0 Å². The summed E-state index contributed by atoms with van der Waals surface area (Å²) in [5.74, 6) is 2.40. The van der Waals surface area contributed by atoms with Crippen LogP contribution < -0.4 is 4.74 Å². The third-order valence-corrected chi connectivity index (χ3v) is 4.77. The van der Waals surface area contributed by atoms with E-state index >= 15 is 0 Å². The zero-order valence-electron chi connectivity index (χ0n) is 13.6. The number of rotatable bonds is 8. The Morgan fingerprint density at radius 2 is 1.81 bits per heavy atom. The van der Waals surface area contributed by atoms with E-state index in [-0.39, 0.29) is 0 Å². The van der Waals surface area contributed by atoms with Crippen molar-refractivity contribution in [1.29, 1.82) is 0 Å². The van der Waals surface area contributed by atoms with Gasteiger partial charge in [0.05, 0.1) is 6.61 Å². The van der Waals surface area contributed by atoms with Crippen LogP contribution in [-0.2, 0) is 4.74 Å². The average Bonchev–Trinajstić information content (AvgIpc) is 2.55. The van der Waals surface area contributed by atoms with Crippen LogP contribution in [0.5, 0.6) is 5.75 Å². The molecular weight excluding hydrogens is 260 g/mol. The second kappa shape index (κ2) is 9.09. The predicted octanol–water partition coefficient (Wildman–Crippen LogP) is 5.52. The lowest BCUT2D eigenvalue weighted by Gasteiger charge is -2.21. The molecule has 0 bridgehead atoms. The average molecular weight is 290 g/mol. The number of hydrogen-bond donors (Lipinski definition) is 0. The minimum absolute atomic E-state index is 0.370. The van der Waals surface area contributed by atoms with E-state index in [1.807, 2.05) is 12.1 Å².